The monoisotopic (exact) mass is 326 g/mol. The van der Waals surface area contributed by atoms with E-state index in [4.69, 9.17) is 9.47 Å². The molecule has 0 aliphatic rings. The van der Waals surface area contributed by atoms with Gasteiger partial charge in [0.1, 0.15) is 30.0 Å². The molecular weight excluding hydrogens is 304 g/mol. The molecule has 5 heteroatoms. The highest BCUT2D eigenvalue weighted by molar-refractivity contribution is 5.76. The zero-order valence-corrected chi connectivity index (χ0v) is 14.0. The summed E-state index contributed by atoms with van der Waals surface area (Å²) in [5.41, 5.74) is 1.91. The normalized spacial score (nSPS) is 12.3. The van der Waals surface area contributed by atoms with Gasteiger partial charge in [0.15, 0.2) is 0 Å². The standard InChI is InChI=1S/C19H22N2O3/c1-3-18(22)19-20-16-6-4-5-7-17(16)21(19)12-13-24-15-10-8-14(23-2)9-11-15/h4-11,18,22H,3,12-13H2,1-2H3. The first-order valence-corrected chi connectivity index (χ1v) is 8.13. The fourth-order valence-corrected chi connectivity index (χ4v) is 2.69. The van der Waals surface area contributed by atoms with E-state index in [1.54, 1.807) is 7.11 Å². The molecular formula is C19H22N2O3. The molecule has 1 N–H and O–H groups in total. The Morgan fingerprint density at radius 3 is 2.50 bits per heavy atom. The van der Waals surface area contributed by atoms with Crippen LogP contribution >= 0.6 is 0 Å². The molecule has 0 bridgehead atoms. The summed E-state index contributed by atoms with van der Waals surface area (Å²) >= 11 is 0. The predicted molar refractivity (Wildman–Crippen MR) is 93.5 cm³/mol. The van der Waals surface area contributed by atoms with Crippen molar-refractivity contribution in [2.75, 3.05) is 13.7 Å². The van der Waals surface area contributed by atoms with E-state index in [9.17, 15) is 5.11 Å². The first-order valence-electron chi connectivity index (χ1n) is 8.13. The molecule has 0 radical (unpaired) electrons. The summed E-state index contributed by atoms with van der Waals surface area (Å²) in [5, 5.41) is 10.2. The Balaban J connectivity index is 1.76. The van der Waals surface area contributed by atoms with Crippen LogP contribution in [-0.2, 0) is 6.54 Å². The quantitative estimate of drug-likeness (QED) is 0.721. The summed E-state index contributed by atoms with van der Waals surface area (Å²) < 4.78 is 13.0. The van der Waals surface area contributed by atoms with Gasteiger partial charge in [-0.1, -0.05) is 19.1 Å². The number of fused-ring (bicyclic) bond motifs is 1. The Morgan fingerprint density at radius 1 is 1.08 bits per heavy atom. The molecule has 2 aromatic carbocycles. The Kier molecular flexibility index (Phi) is 5.01. The third kappa shape index (κ3) is 3.36. The minimum atomic E-state index is -0.571. The van der Waals surface area contributed by atoms with Gasteiger partial charge in [0.25, 0.3) is 0 Å². The number of aromatic nitrogens is 2. The van der Waals surface area contributed by atoms with Crippen molar-refractivity contribution < 1.29 is 14.6 Å². The van der Waals surface area contributed by atoms with E-state index in [2.05, 4.69) is 4.98 Å². The maximum absolute atomic E-state index is 10.2. The van der Waals surface area contributed by atoms with Crippen LogP contribution in [0.25, 0.3) is 11.0 Å². The number of hydrogen-bond donors (Lipinski definition) is 1. The number of rotatable bonds is 7. The number of benzene rings is 2. The van der Waals surface area contributed by atoms with Gasteiger partial charge in [0.05, 0.1) is 24.7 Å². The third-order valence-corrected chi connectivity index (χ3v) is 4.01. The second-order valence-electron chi connectivity index (χ2n) is 5.56. The van der Waals surface area contributed by atoms with Gasteiger partial charge in [-0.2, -0.15) is 0 Å². The van der Waals surface area contributed by atoms with Gasteiger partial charge in [-0.05, 0) is 42.8 Å². The van der Waals surface area contributed by atoms with Crippen molar-refractivity contribution in [1.82, 2.24) is 9.55 Å². The number of para-hydroxylation sites is 2. The molecule has 0 fully saturated rings. The van der Waals surface area contributed by atoms with Gasteiger partial charge in [-0.15, -0.1) is 0 Å². The molecule has 0 aliphatic heterocycles. The van der Waals surface area contributed by atoms with Gasteiger partial charge in [0.2, 0.25) is 0 Å². The van der Waals surface area contributed by atoms with Crippen LogP contribution < -0.4 is 9.47 Å². The lowest BCUT2D eigenvalue weighted by Crippen LogP contribution is -2.13. The van der Waals surface area contributed by atoms with Crippen molar-refractivity contribution in [2.45, 2.75) is 26.0 Å². The van der Waals surface area contributed by atoms with Crippen molar-refractivity contribution in [3.05, 3.63) is 54.4 Å². The van der Waals surface area contributed by atoms with Crippen LogP contribution in [0, 0.1) is 0 Å². The highest BCUT2D eigenvalue weighted by atomic mass is 16.5. The van der Waals surface area contributed by atoms with Crippen molar-refractivity contribution in [3.8, 4) is 11.5 Å². The molecule has 1 heterocycles. The summed E-state index contributed by atoms with van der Waals surface area (Å²) in [6.45, 7) is 3.07. The summed E-state index contributed by atoms with van der Waals surface area (Å²) in [5.74, 6) is 2.28. The zero-order chi connectivity index (χ0) is 16.9. The third-order valence-electron chi connectivity index (χ3n) is 4.01. The van der Waals surface area contributed by atoms with Gasteiger partial charge in [-0.25, -0.2) is 4.98 Å². The molecule has 1 atom stereocenters. The van der Waals surface area contributed by atoms with Gasteiger partial charge < -0.3 is 19.1 Å². The van der Waals surface area contributed by atoms with Gasteiger partial charge >= 0.3 is 0 Å². The Hall–Kier alpha value is -2.53. The van der Waals surface area contributed by atoms with Gasteiger partial charge in [-0.3, -0.25) is 0 Å². The highest BCUT2D eigenvalue weighted by Gasteiger charge is 2.16. The lowest BCUT2D eigenvalue weighted by molar-refractivity contribution is 0.157. The minimum Gasteiger partial charge on any atom is -0.497 e. The Labute approximate surface area is 141 Å². The predicted octanol–water partition coefficient (Wildman–Crippen LogP) is 3.57. The van der Waals surface area contributed by atoms with E-state index in [1.165, 1.54) is 0 Å². The van der Waals surface area contributed by atoms with E-state index in [0.29, 0.717) is 25.4 Å². The second kappa shape index (κ2) is 7.36. The summed E-state index contributed by atoms with van der Waals surface area (Å²) in [6.07, 6.45) is 0.0567. The lowest BCUT2D eigenvalue weighted by Gasteiger charge is -2.13. The van der Waals surface area contributed by atoms with Crippen LogP contribution in [0.15, 0.2) is 48.5 Å². The number of methoxy groups -OCH3 is 1. The second-order valence-corrected chi connectivity index (χ2v) is 5.56. The van der Waals surface area contributed by atoms with Crippen LogP contribution in [0.2, 0.25) is 0 Å². The lowest BCUT2D eigenvalue weighted by atomic mass is 10.2. The van der Waals surface area contributed by atoms with Crippen molar-refractivity contribution in [1.29, 1.82) is 0 Å². The summed E-state index contributed by atoms with van der Waals surface area (Å²) in [7, 11) is 1.64. The van der Waals surface area contributed by atoms with Crippen molar-refractivity contribution in [3.63, 3.8) is 0 Å². The van der Waals surface area contributed by atoms with Crippen LogP contribution in [0.5, 0.6) is 11.5 Å². The molecule has 3 aromatic rings. The first-order chi connectivity index (χ1) is 11.7. The molecule has 0 aliphatic carbocycles. The molecule has 1 aromatic heterocycles. The smallest absolute Gasteiger partial charge is 0.138 e. The summed E-state index contributed by atoms with van der Waals surface area (Å²) in [6, 6.07) is 15.4. The maximum atomic E-state index is 10.2. The van der Waals surface area contributed by atoms with Crippen LogP contribution in [0.4, 0.5) is 0 Å². The molecule has 0 spiro atoms. The van der Waals surface area contributed by atoms with E-state index < -0.39 is 6.10 Å². The SMILES string of the molecule is CCC(O)c1nc2ccccc2n1CCOc1ccc(OC)cc1. The largest absolute Gasteiger partial charge is 0.497 e. The average Bonchev–Trinajstić information content (AvgIpc) is 3.00. The summed E-state index contributed by atoms with van der Waals surface area (Å²) in [4.78, 5) is 4.57. The molecule has 0 saturated heterocycles. The fourth-order valence-electron chi connectivity index (χ4n) is 2.69. The number of ether oxygens (including phenoxy) is 2. The molecule has 0 saturated carbocycles. The van der Waals surface area contributed by atoms with E-state index in [1.807, 2.05) is 60.0 Å². The fraction of sp³-hybridized carbons (Fsp3) is 0.316. The molecule has 3 rings (SSSR count). The number of aliphatic hydroxyl groups excluding tert-OH is 1. The Morgan fingerprint density at radius 2 is 1.79 bits per heavy atom. The van der Waals surface area contributed by atoms with E-state index in [0.717, 1.165) is 22.5 Å². The molecule has 126 valence electrons. The minimum absolute atomic E-state index is 0.496. The number of aliphatic hydroxyl groups is 1. The topological polar surface area (TPSA) is 56.5 Å². The molecule has 1 unspecified atom stereocenters. The molecule has 24 heavy (non-hydrogen) atoms. The van der Waals surface area contributed by atoms with E-state index in [-0.39, 0.29) is 0 Å². The Bertz CT molecular complexity index is 796. The van der Waals surface area contributed by atoms with Crippen LogP contribution in [0.1, 0.15) is 25.3 Å². The number of nitrogens with zero attached hydrogens (tertiary/aromatic N) is 2. The number of imidazole rings is 1. The van der Waals surface area contributed by atoms with Crippen LogP contribution in [0.3, 0.4) is 0 Å². The van der Waals surface area contributed by atoms with Crippen LogP contribution in [-0.4, -0.2) is 28.4 Å². The first kappa shape index (κ1) is 16.3. The van der Waals surface area contributed by atoms with Crippen molar-refractivity contribution >= 4 is 11.0 Å². The average molecular weight is 326 g/mol. The maximum Gasteiger partial charge on any atom is 0.138 e. The molecule has 0 amide bonds. The van der Waals surface area contributed by atoms with Gasteiger partial charge in [0, 0.05) is 0 Å². The number of hydrogen-bond acceptors (Lipinski definition) is 4. The highest BCUT2D eigenvalue weighted by Crippen LogP contribution is 2.23. The van der Waals surface area contributed by atoms with E-state index >= 15 is 0 Å². The molecule has 5 nitrogen and oxygen atoms in total. The zero-order valence-electron chi connectivity index (χ0n) is 14.0. The van der Waals surface area contributed by atoms with Crippen molar-refractivity contribution in [2.24, 2.45) is 0 Å².